The van der Waals surface area contributed by atoms with E-state index in [0.717, 1.165) is 24.0 Å². The summed E-state index contributed by atoms with van der Waals surface area (Å²) < 4.78 is 12.6. The van der Waals surface area contributed by atoms with Crippen LogP contribution in [0.5, 0.6) is 0 Å². The highest BCUT2D eigenvalue weighted by atomic mass is 19.1. The molecule has 0 aromatic heterocycles. The second-order valence-electron chi connectivity index (χ2n) is 3.21. The lowest BCUT2D eigenvalue weighted by Gasteiger charge is -2.04. The van der Waals surface area contributed by atoms with Gasteiger partial charge in [-0.3, -0.25) is 0 Å². The van der Waals surface area contributed by atoms with Crippen molar-refractivity contribution < 1.29 is 4.39 Å². The Morgan fingerprint density at radius 1 is 1.31 bits per heavy atom. The second kappa shape index (κ2) is 4.80. The molecule has 0 spiro atoms. The number of benzene rings is 1. The Bertz CT molecular complexity index is 272. The summed E-state index contributed by atoms with van der Waals surface area (Å²) in [4.78, 5) is 0. The molecule has 1 rings (SSSR count). The van der Waals surface area contributed by atoms with Crippen LogP contribution in [0.15, 0.2) is 30.8 Å². The topological polar surface area (TPSA) is 0 Å². The molecule has 0 aliphatic rings. The van der Waals surface area contributed by atoms with Gasteiger partial charge in [0.1, 0.15) is 5.82 Å². The maximum atomic E-state index is 12.6. The van der Waals surface area contributed by atoms with Gasteiger partial charge in [-0.25, -0.2) is 4.39 Å². The van der Waals surface area contributed by atoms with Gasteiger partial charge in [0.15, 0.2) is 0 Å². The van der Waals surface area contributed by atoms with Crippen molar-refractivity contribution in [2.24, 2.45) is 0 Å². The Balaban J connectivity index is 2.61. The molecule has 0 nitrogen and oxygen atoms in total. The van der Waals surface area contributed by atoms with Gasteiger partial charge < -0.3 is 0 Å². The van der Waals surface area contributed by atoms with Crippen LogP contribution in [-0.4, -0.2) is 0 Å². The lowest BCUT2D eigenvalue weighted by Crippen LogP contribution is -1.83. The summed E-state index contributed by atoms with van der Waals surface area (Å²) >= 11 is 0. The minimum absolute atomic E-state index is 0.188. The molecule has 0 fully saturated rings. The van der Waals surface area contributed by atoms with E-state index >= 15 is 0 Å². The molecule has 0 heterocycles. The zero-order chi connectivity index (χ0) is 9.68. The van der Waals surface area contributed by atoms with E-state index in [-0.39, 0.29) is 5.82 Å². The lowest BCUT2D eigenvalue weighted by atomic mass is 10.0. The van der Waals surface area contributed by atoms with Crippen molar-refractivity contribution in [3.05, 3.63) is 42.2 Å². The summed E-state index contributed by atoms with van der Waals surface area (Å²) in [5, 5.41) is 0. The molecule has 0 saturated carbocycles. The van der Waals surface area contributed by atoms with Crippen LogP contribution in [0.1, 0.15) is 31.7 Å². The highest BCUT2D eigenvalue weighted by molar-refractivity contribution is 5.62. The van der Waals surface area contributed by atoms with E-state index in [1.165, 1.54) is 18.6 Å². The van der Waals surface area contributed by atoms with E-state index in [1.807, 2.05) is 0 Å². The Kier molecular flexibility index (Phi) is 3.69. The molecule has 0 bridgehead atoms. The van der Waals surface area contributed by atoms with Gasteiger partial charge in [-0.15, -0.1) is 0 Å². The van der Waals surface area contributed by atoms with Gasteiger partial charge in [0.25, 0.3) is 0 Å². The van der Waals surface area contributed by atoms with Crippen LogP contribution in [0, 0.1) is 5.82 Å². The molecule has 1 heteroatoms. The van der Waals surface area contributed by atoms with E-state index < -0.39 is 0 Å². The van der Waals surface area contributed by atoms with Crippen molar-refractivity contribution in [3.8, 4) is 0 Å². The summed E-state index contributed by atoms with van der Waals surface area (Å²) in [7, 11) is 0. The number of unbranched alkanes of at least 4 members (excludes halogenated alkanes) is 1. The van der Waals surface area contributed by atoms with Crippen LogP contribution in [0.4, 0.5) is 4.39 Å². The first-order valence-corrected chi connectivity index (χ1v) is 4.67. The standard InChI is InChI=1S/C12H15F/c1-3-4-5-10(2)11-6-8-12(13)9-7-11/h6-9H,2-5H2,1H3. The van der Waals surface area contributed by atoms with Crippen LogP contribution >= 0.6 is 0 Å². The predicted octanol–water partition coefficient (Wildman–Crippen LogP) is 4.03. The maximum Gasteiger partial charge on any atom is 0.123 e. The largest absolute Gasteiger partial charge is 0.207 e. The monoisotopic (exact) mass is 178 g/mol. The number of hydrogen-bond acceptors (Lipinski definition) is 0. The average Bonchev–Trinajstić information content (AvgIpc) is 2.15. The molecule has 0 unspecified atom stereocenters. The second-order valence-corrected chi connectivity index (χ2v) is 3.21. The summed E-state index contributed by atoms with van der Waals surface area (Å²) in [6.07, 6.45) is 3.32. The minimum atomic E-state index is -0.188. The van der Waals surface area contributed by atoms with E-state index in [0.29, 0.717) is 0 Å². The Labute approximate surface area is 79.1 Å². The highest BCUT2D eigenvalue weighted by Crippen LogP contribution is 2.18. The van der Waals surface area contributed by atoms with Crippen LogP contribution < -0.4 is 0 Å². The highest BCUT2D eigenvalue weighted by Gasteiger charge is 1.98. The molecule has 13 heavy (non-hydrogen) atoms. The summed E-state index contributed by atoms with van der Waals surface area (Å²) in [6, 6.07) is 6.53. The van der Waals surface area contributed by atoms with E-state index in [2.05, 4.69) is 13.5 Å². The maximum absolute atomic E-state index is 12.6. The van der Waals surface area contributed by atoms with Crippen molar-refractivity contribution in [2.75, 3.05) is 0 Å². The quantitative estimate of drug-likeness (QED) is 0.653. The SMILES string of the molecule is C=C(CCCC)c1ccc(F)cc1. The molecule has 0 aliphatic carbocycles. The number of rotatable bonds is 4. The van der Waals surface area contributed by atoms with Crippen LogP contribution in [0.2, 0.25) is 0 Å². The molecule has 0 amide bonds. The Hall–Kier alpha value is -1.11. The van der Waals surface area contributed by atoms with Crippen molar-refractivity contribution in [1.82, 2.24) is 0 Å². The number of allylic oxidation sites excluding steroid dienone is 1. The van der Waals surface area contributed by atoms with E-state index in [9.17, 15) is 4.39 Å². The fourth-order valence-corrected chi connectivity index (χ4v) is 1.22. The third kappa shape index (κ3) is 3.02. The minimum Gasteiger partial charge on any atom is -0.207 e. The van der Waals surface area contributed by atoms with Crippen molar-refractivity contribution in [3.63, 3.8) is 0 Å². The molecule has 0 atom stereocenters. The first-order chi connectivity index (χ1) is 6.24. The van der Waals surface area contributed by atoms with Crippen LogP contribution in [-0.2, 0) is 0 Å². The zero-order valence-electron chi connectivity index (χ0n) is 8.02. The van der Waals surface area contributed by atoms with Crippen molar-refractivity contribution in [2.45, 2.75) is 26.2 Å². The fourth-order valence-electron chi connectivity index (χ4n) is 1.22. The summed E-state index contributed by atoms with van der Waals surface area (Å²) in [5.74, 6) is -0.188. The van der Waals surface area contributed by atoms with Gasteiger partial charge >= 0.3 is 0 Å². The van der Waals surface area contributed by atoms with Gasteiger partial charge in [-0.05, 0) is 36.1 Å². The first kappa shape index (κ1) is 9.97. The van der Waals surface area contributed by atoms with Gasteiger partial charge in [0, 0.05) is 0 Å². The van der Waals surface area contributed by atoms with Gasteiger partial charge in [0.05, 0.1) is 0 Å². The molecule has 0 radical (unpaired) electrons. The molecule has 70 valence electrons. The molecule has 1 aromatic carbocycles. The smallest absolute Gasteiger partial charge is 0.123 e. The van der Waals surface area contributed by atoms with Crippen LogP contribution in [0.25, 0.3) is 5.57 Å². The fraction of sp³-hybridized carbons (Fsp3) is 0.333. The Morgan fingerprint density at radius 2 is 1.92 bits per heavy atom. The van der Waals surface area contributed by atoms with Gasteiger partial charge in [0.2, 0.25) is 0 Å². The molecule has 0 saturated heterocycles. The third-order valence-corrected chi connectivity index (χ3v) is 2.08. The van der Waals surface area contributed by atoms with Crippen molar-refractivity contribution >= 4 is 5.57 Å². The molecular weight excluding hydrogens is 163 g/mol. The normalized spacial score (nSPS) is 10.0. The zero-order valence-corrected chi connectivity index (χ0v) is 8.02. The molecule has 1 aromatic rings. The van der Waals surface area contributed by atoms with Gasteiger partial charge in [-0.2, -0.15) is 0 Å². The van der Waals surface area contributed by atoms with Crippen molar-refractivity contribution in [1.29, 1.82) is 0 Å². The first-order valence-electron chi connectivity index (χ1n) is 4.67. The molecule has 0 N–H and O–H groups in total. The van der Waals surface area contributed by atoms with Gasteiger partial charge in [-0.1, -0.05) is 32.1 Å². The van der Waals surface area contributed by atoms with E-state index in [4.69, 9.17) is 0 Å². The average molecular weight is 178 g/mol. The Morgan fingerprint density at radius 3 is 2.46 bits per heavy atom. The lowest BCUT2D eigenvalue weighted by molar-refractivity contribution is 0.627. The molecule has 0 aliphatic heterocycles. The molecular formula is C12H15F. The predicted molar refractivity (Wildman–Crippen MR) is 55.0 cm³/mol. The summed E-state index contributed by atoms with van der Waals surface area (Å²) in [5.41, 5.74) is 2.15. The summed E-state index contributed by atoms with van der Waals surface area (Å²) in [6.45, 7) is 6.12. The van der Waals surface area contributed by atoms with E-state index in [1.54, 1.807) is 12.1 Å². The van der Waals surface area contributed by atoms with Crippen LogP contribution in [0.3, 0.4) is 0 Å². The third-order valence-electron chi connectivity index (χ3n) is 2.08. The number of hydrogen-bond donors (Lipinski definition) is 0. The number of halogens is 1.